The Kier molecular flexibility index (Phi) is 10.7. The van der Waals surface area contributed by atoms with Crippen LogP contribution in [0.25, 0.3) is 0 Å². The number of piperidine rings is 2. The van der Waals surface area contributed by atoms with Crippen LogP contribution < -0.4 is 15.8 Å². The zero-order valence-electron chi connectivity index (χ0n) is 24.9. The zero-order chi connectivity index (χ0) is 30.7. The number of halogens is 1. The van der Waals surface area contributed by atoms with Crippen LogP contribution in [-0.4, -0.2) is 66.8 Å². The third kappa shape index (κ3) is 8.99. The number of carbonyl (C=O) groups is 1. The molecule has 8 nitrogen and oxygen atoms in total. The third-order valence-corrected chi connectivity index (χ3v) is 8.17. The number of amides is 1. The molecule has 0 unspecified atom stereocenters. The molecule has 0 aliphatic carbocycles. The van der Waals surface area contributed by atoms with Crippen LogP contribution in [0.3, 0.4) is 0 Å². The van der Waals surface area contributed by atoms with Crippen molar-refractivity contribution in [1.82, 2.24) is 15.1 Å². The van der Waals surface area contributed by atoms with Gasteiger partial charge in [0, 0.05) is 57.1 Å². The fraction of sp³-hybridized carbons (Fsp3) is 0.343. The Labute approximate surface area is 258 Å². The van der Waals surface area contributed by atoms with E-state index < -0.39 is 0 Å². The molecular weight excluding hydrogens is 555 g/mol. The van der Waals surface area contributed by atoms with Crippen molar-refractivity contribution in [2.75, 3.05) is 32.7 Å². The number of ether oxygens (including phenoxy) is 1. The maximum atomic E-state index is 13.1. The molecule has 0 aromatic heterocycles. The Morgan fingerprint density at radius 2 is 1.70 bits per heavy atom. The normalized spacial score (nSPS) is 17.4. The van der Waals surface area contributed by atoms with Crippen molar-refractivity contribution in [2.24, 2.45) is 10.7 Å². The number of hydrogen-bond acceptors (Lipinski definition) is 7. The highest BCUT2D eigenvalue weighted by molar-refractivity contribution is 5.94. The lowest BCUT2D eigenvalue weighted by Crippen LogP contribution is -2.44. The average Bonchev–Trinajstić information content (AvgIpc) is 3.06. The number of aliphatic imine (C=N–C) groups is 1. The van der Waals surface area contributed by atoms with E-state index in [0.717, 1.165) is 64.0 Å². The predicted octanol–water partition coefficient (Wildman–Crippen LogP) is 5.18. The largest absolute Gasteiger partial charge is 0.490 e. The Morgan fingerprint density at radius 3 is 2.39 bits per heavy atom. The number of rotatable bonds is 10. The molecule has 2 aliphatic heterocycles. The smallest absolute Gasteiger partial charge is 0.251 e. The zero-order valence-corrected chi connectivity index (χ0v) is 24.9. The Bertz CT molecular complexity index is 1480. The first kappa shape index (κ1) is 30.9. The van der Waals surface area contributed by atoms with E-state index >= 15 is 0 Å². The molecule has 5 rings (SSSR count). The monoisotopic (exact) mass is 594 g/mol. The van der Waals surface area contributed by atoms with Gasteiger partial charge < -0.3 is 15.8 Å². The summed E-state index contributed by atoms with van der Waals surface area (Å²) in [6, 6.07) is 23.5. The van der Waals surface area contributed by atoms with Crippen molar-refractivity contribution in [1.29, 1.82) is 5.26 Å². The van der Waals surface area contributed by atoms with E-state index in [-0.39, 0.29) is 23.9 Å². The van der Waals surface area contributed by atoms with Crippen LogP contribution in [0.15, 0.2) is 89.6 Å². The van der Waals surface area contributed by atoms with E-state index in [2.05, 4.69) is 26.2 Å². The van der Waals surface area contributed by atoms with Crippen molar-refractivity contribution in [3.05, 3.63) is 107 Å². The first-order valence-electron chi connectivity index (χ1n) is 15.2. The van der Waals surface area contributed by atoms with E-state index in [4.69, 9.17) is 15.7 Å². The minimum atomic E-state index is -0.289. The molecule has 0 bridgehead atoms. The Hall–Kier alpha value is -4.52. The summed E-state index contributed by atoms with van der Waals surface area (Å²) in [5.41, 5.74) is 9.89. The number of nitrogens with two attached hydrogens (primary N) is 1. The first-order chi connectivity index (χ1) is 21.5. The summed E-state index contributed by atoms with van der Waals surface area (Å²) >= 11 is 0. The molecule has 2 heterocycles. The van der Waals surface area contributed by atoms with Crippen LogP contribution in [0.4, 0.5) is 10.1 Å². The van der Waals surface area contributed by atoms with Gasteiger partial charge in [-0.25, -0.2) is 4.39 Å². The van der Waals surface area contributed by atoms with Gasteiger partial charge in [0.05, 0.1) is 17.3 Å². The van der Waals surface area contributed by atoms with E-state index in [1.54, 1.807) is 24.5 Å². The quantitative estimate of drug-likeness (QED) is 0.314. The number of carbonyl (C=O) groups excluding carboxylic acids is 1. The molecule has 0 radical (unpaired) electrons. The minimum absolute atomic E-state index is 0.0702. The van der Waals surface area contributed by atoms with Gasteiger partial charge in [0.25, 0.3) is 5.91 Å². The van der Waals surface area contributed by atoms with Crippen molar-refractivity contribution < 1.29 is 13.9 Å². The van der Waals surface area contributed by atoms with Gasteiger partial charge in [-0.2, -0.15) is 5.26 Å². The van der Waals surface area contributed by atoms with Gasteiger partial charge in [-0.15, -0.1) is 0 Å². The Morgan fingerprint density at radius 1 is 1.00 bits per heavy atom. The molecule has 2 aliphatic rings. The molecule has 3 N–H and O–H groups in total. The summed E-state index contributed by atoms with van der Waals surface area (Å²) < 4.78 is 19.4. The number of nitriles is 1. The molecule has 3 aromatic rings. The van der Waals surface area contributed by atoms with Gasteiger partial charge in [-0.3, -0.25) is 19.6 Å². The Balaban J connectivity index is 1.04. The van der Waals surface area contributed by atoms with Crippen LogP contribution in [0.1, 0.15) is 47.2 Å². The van der Waals surface area contributed by atoms with Crippen molar-refractivity contribution in [3.8, 4) is 11.8 Å². The van der Waals surface area contributed by atoms with Crippen molar-refractivity contribution in [2.45, 2.75) is 44.4 Å². The van der Waals surface area contributed by atoms with Crippen molar-refractivity contribution >= 4 is 17.8 Å². The lowest BCUT2D eigenvalue weighted by Gasteiger charge is -2.32. The maximum absolute atomic E-state index is 13.1. The van der Waals surface area contributed by atoms with E-state index in [0.29, 0.717) is 29.1 Å². The number of nitrogens with zero attached hydrogens (tertiary/aromatic N) is 4. The van der Waals surface area contributed by atoms with E-state index in [1.165, 1.54) is 17.7 Å². The van der Waals surface area contributed by atoms with Gasteiger partial charge in [0.2, 0.25) is 0 Å². The van der Waals surface area contributed by atoms with Crippen molar-refractivity contribution in [3.63, 3.8) is 0 Å². The molecule has 0 spiro atoms. The first-order valence-corrected chi connectivity index (χ1v) is 15.2. The molecule has 0 atom stereocenters. The SMILES string of the molecule is N#Cc1ccc(CN2CCC(NC(=O)c3cccc(OC4CCN(C/C(C=Nc5ccc(F)cc5)=C/N)CC4)c3)CC2)cc1. The standard InChI is InChI=1S/C35H39FN6O2/c36-30-8-10-31(11-9-30)39-23-28(22-38)25-42-18-14-33(15-19-42)44-34-3-1-2-29(20-34)35(43)40-32-12-16-41(17-13-32)24-27-6-4-26(21-37)5-7-27/h1-11,20,22-23,32-33H,12-19,24-25,38H2,(H,40,43)/b28-22+,39-23?. The van der Waals surface area contributed by atoms with Crippen LogP contribution in [0, 0.1) is 17.1 Å². The molecule has 44 heavy (non-hydrogen) atoms. The number of hydrogen-bond donors (Lipinski definition) is 2. The molecule has 2 saturated heterocycles. The van der Waals surface area contributed by atoms with Gasteiger partial charge in [-0.05, 0) is 97.6 Å². The summed E-state index contributed by atoms with van der Waals surface area (Å²) in [6.45, 7) is 5.07. The summed E-state index contributed by atoms with van der Waals surface area (Å²) in [5.74, 6) is 0.352. The van der Waals surface area contributed by atoms with E-state index in [1.807, 2.05) is 48.5 Å². The number of nitrogens with one attached hydrogen (secondary N) is 1. The lowest BCUT2D eigenvalue weighted by atomic mass is 10.0. The maximum Gasteiger partial charge on any atom is 0.251 e. The summed E-state index contributed by atoms with van der Waals surface area (Å²) in [7, 11) is 0. The molecule has 3 aromatic carbocycles. The van der Waals surface area contributed by atoms with Gasteiger partial charge >= 0.3 is 0 Å². The van der Waals surface area contributed by atoms with Gasteiger partial charge in [0.15, 0.2) is 0 Å². The molecule has 228 valence electrons. The summed E-state index contributed by atoms with van der Waals surface area (Å²) in [6.07, 6.45) is 6.89. The van der Waals surface area contributed by atoms with Gasteiger partial charge in [0.1, 0.15) is 17.7 Å². The van der Waals surface area contributed by atoms with Crippen LogP contribution in [0.5, 0.6) is 5.75 Å². The summed E-state index contributed by atoms with van der Waals surface area (Å²) in [5, 5.41) is 12.2. The minimum Gasteiger partial charge on any atom is -0.490 e. The predicted molar refractivity (Wildman–Crippen MR) is 170 cm³/mol. The second kappa shape index (κ2) is 15.3. The fourth-order valence-corrected chi connectivity index (χ4v) is 5.61. The molecule has 9 heteroatoms. The second-order valence-corrected chi connectivity index (χ2v) is 11.4. The molecule has 0 saturated carbocycles. The summed E-state index contributed by atoms with van der Waals surface area (Å²) in [4.78, 5) is 22.2. The highest BCUT2D eigenvalue weighted by atomic mass is 19.1. The molecule has 1 amide bonds. The van der Waals surface area contributed by atoms with Crippen LogP contribution in [-0.2, 0) is 6.54 Å². The average molecular weight is 595 g/mol. The second-order valence-electron chi connectivity index (χ2n) is 11.4. The molecular formula is C35H39FN6O2. The fourth-order valence-electron chi connectivity index (χ4n) is 5.61. The topological polar surface area (TPSA) is 107 Å². The third-order valence-electron chi connectivity index (χ3n) is 8.17. The van der Waals surface area contributed by atoms with Crippen LogP contribution in [0.2, 0.25) is 0 Å². The molecule has 2 fully saturated rings. The number of likely N-dealkylation sites (tertiary alicyclic amines) is 2. The van der Waals surface area contributed by atoms with E-state index in [9.17, 15) is 9.18 Å². The highest BCUT2D eigenvalue weighted by Gasteiger charge is 2.23. The number of benzene rings is 3. The highest BCUT2D eigenvalue weighted by Crippen LogP contribution is 2.22. The van der Waals surface area contributed by atoms with Gasteiger partial charge in [-0.1, -0.05) is 18.2 Å². The lowest BCUT2D eigenvalue weighted by molar-refractivity contribution is 0.0905. The van der Waals surface area contributed by atoms with Crippen LogP contribution >= 0.6 is 0 Å².